The number of hydrogen-bond donors (Lipinski definition) is 0. The maximum Gasteiger partial charge on any atom is 0.114 e. The molecule has 0 atom stereocenters. The summed E-state index contributed by atoms with van der Waals surface area (Å²) in [5, 5.41) is 0. The van der Waals surface area contributed by atoms with Crippen molar-refractivity contribution >= 4 is 53.5 Å². The van der Waals surface area contributed by atoms with Crippen molar-refractivity contribution in [3.63, 3.8) is 0 Å². The van der Waals surface area contributed by atoms with Gasteiger partial charge in [0.1, 0.15) is 5.69 Å². The molecule has 1 aromatic rings. The number of rotatable bonds is 0. The van der Waals surface area contributed by atoms with Gasteiger partial charge in [-0.25, -0.2) is 0 Å². The van der Waals surface area contributed by atoms with E-state index in [1.165, 1.54) is 0 Å². The van der Waals surface area contributed by atoms with Gasteiger partial charge in [0.05, 0.1) is 0 Å². The molecule has 1 aromatic carbocycles. The first-order chi connectivity index (χ1) is 4.61. The van der Waals surface area contributed by atoms with Crippen molar-refractivity contribution in [2.75, 3.05) is 0 Å². The fourth-order valence-electron chi connectivity index (χ4n) is 0.535. The summed E-state index contributed by atoms with van der Waals surface area (Å²) in [5.41, 5.74) is 9.44. The minimum Gasteiger partial charge on any atom is -0.148 e. The molecule has 0 saturated carbocycles. The summed E-state index contributed by atoms with van der Waals surface area (Å²) in [6.45, 7) is 0. The average Bonchev–Trinajstić information content (AvgIpc) is 1.82. The van der Waals surface area contributed by atoms with Gasteiger partial charge in [0.2, 0.25) is 0 Å². The zero-order valence-corrected chi connectivity index (χ0v) is 9.49. The largest absolute Gasteiger partial charge is 0.148 e. The van der Waals surface area contributed by atoms with E-state index < -0.39 is 0 Å². The Balaban J connectivity index is 3.31. The Hall–Kier alpha value is 0.460. The van der Waals surface area contributed by atoms with Gasteiger partial charge in [0, 0.05) is 13.4 Å². The highest BCUT2D eigenvalue weighted by Crippen LogP contribution is 2.32. The van der Waals surface area contributed by atoms with E-state index >= 15 is 0 Å². The summed E-state index contributed by atoms with van der Waals surface area (Å²) in [6.07, 6.45) is 0. The van der Waals surface area contributed by atoms with Crippen LogP contribution in [0.25, 0.3) is 0 Å². The van der Waals surface area contributed by atoms with Crippen LogP contribution in [-0.2, 0) is 0 Å². The highest BCUT2D eigenvalue weighted by Gasteiger charge is 2.03. The van der Waals surface area contributed by atoms with Crippen LogP contribution in [0, 0.1) is 0 Å². The van der Waals surface area contributed by atoms with E-state index in [1.807, 2.05) is 0 Å². The van der Waals surface area contributed by atoms with E-state index in [0.29, 0.717) is 8.95 Å². The van der Waals surface area contributed by atoms with Crippen molar-refractivity contribution in [1.29, 1.82) is 0 Å². The third-order valence-electron chi connectivity index (χ3n) is 0.982. The Morgan fingerprint density at radius 3 is 1.80 bits per heavy atom. The van der Waals surface area contributed by atoms with Crippen LogP contribution in [0.1, 0.15) is 0 Å². The maximum absolute atomic E-state index is 9.22. The molecular formula is C6H2Br3N. The molecule has 0 N–H and O–H groups in total. The van der Waals surface area contributed by atoms with Gasteiger partial charge < -0.3 is 0 Å². The second-order valence-corrected chi connectivity index (χ2v) is 4.34. The molecule has 1 rings (SSSR count). The minimum absolute atomic E-state index is 0.225. The molecular weight excluding hydrogens is 326 g/mol. The average molecular weight is 328 g/mol. The molecule has 0 aliphatic carbocycles. The topological polar surface area (TPSA) is 22.3 Å². The third kappa shape index (κ3) is 1.74. The lowest BCUT2D eigenvalue weighted by Gasteiger charge is -1.97. The Labute approximate surface area is 84.4 Å². The summed E-state index contributed by atoms with van der Waals surface area (Å²) in [4.78, 5) is 0. The second kappa shape index (κ2) is 3.24. The lowest BCUT2D eigenvalue weighted by atomic mass is 10.3. The predicted octanol–water partition coefficient (Wildman–Crippen LogP) is 3.67. The minimum atomic E-state index is 0.225. The number of halogens is 3. The molecule has 0 spiro atoms. The number of benzene rings is 1. The smallest absolute Gasteiger partial charge is 0.114 e. The highest BCUT2D eigenvalue weighted by atomic mass is 79.9. The molecule has 0 aliphatic heterocycles. The van der Waals surface area contributed by atoms with Gasteiger partial charge in [-0.05, 0) is 44.0 Å². The van der Waals surface area contributed by atoms with Crippen molar-refractivity contribution in [2.24, 2.45) is 0 Å². The van der Waals surface area contributed by atoms with Crippen molar-refractivity contribution < 1.29 is 0 Å². The van der Waals surface area contributed by atoms with Crippen LogP contribution >= 0.6 is 47.8 Å². The van der Waals surface area contributed by atoms with Crippen LogP contribution < -0.4 is 5.73 Å². The zero-order chi connectivity index (χ0) is 7.72. The van der Waals surface area contributed by atoms with E-state index in [-0.39, 0.29) is 5.69 Å². The van der Waals surface area contributed by atoms with Crippen LogP contribution in [0.15, 0.2) is 25.6 Å². The molecule has 0 aliphatic rings. The van der Waals surface area contributed by atoms with Gasteiger partial charge in [0.25, 0.3) is 0 Å². The standard InChI is InChI=1S/C6H2Br3N/c7-3-1-4(8)6(10)5(9)2-3/h1-2H. The second-order valence-electron chi connectivity index (χ2n) is 1.72. The normalized spacial score (nSPS) is 9.90. The SMILES string of the molecule is [N]c1c(Br)cc(Br)cc1Br. The quantitative estimate of drug-likeness (QED) is 0.694. The third-order valence-corrected chi connectivity index (χ3v) is 2.65. The van der Waals surface area contributed by atoms with Gasteiger partial charge in [-0.2, -0.15) is 0 Å². The predicted molar refractivity (Wildman–Crippen MR) is 51.3 cm³/mol. The Kier molecular flexibility index (Phi) is 2.77. The molecule has 0 fully saturated rings. The molecule has 10 heavy (non-hydrogen) atoms. The summed E-state index contributed by atoms with van der Waals surface area (Å²) >= 11 is 9.65. The first-order valence-electron chi connectivity index (χ1n) is 2.45. The van der Waals surface area contributed by atoms with Gasteiger partial charge in [-0.15, -0.1) is 5.73 Å². The van der Waals surface area contributed by atoms with Crippen molar-refractivity contribution in [3.8, 4) is 0 Å². The summed E-state index contributed by atoms with van der Waals surface area (Å²) in [6, 6.07) is 3.56. The van der Waals surface area contributed by atoms with Crippen molar-refractivity contribution in [2.45, 2.75) is 0 Å². The van der Waals surface area contributed by atoms with Crippen molar-refractivity contribution in [3.05, 3.63) is 25.6 Å². The van der Waals surface area contributed by atoms with Crippen molar-refractivity contribution in [1.82, 2.24) is 5.73 Å². The van der Waals surface area contributed by atoms with Crippen LogP contribution in [0.2, 0.25) is 0 Å². The number of nitrogens with zero attached hydrogens (tertiary/aromatic N) is 1. The van der Waals surface area contributed by atoms with Gasteiger partial charge in [0.15, 0.2) is 0 Å². The molecule has 4 heteroatoms. The highest BCUT2D eigenvalue weighted by molar-refractivity contribution is 9.11. The lowest BCUT2D eigenvalue weighted by Crippen LogP contribution is -1.75. The molecule has 0 bridgehead atoms. The zero-order valence-electron chi connectivity index (χ0n) is 4.74. The van der Waals surface area contributed by atoms with E-state index in [2.05, 4.69) is 47.8 Å². The summed E-state index contributed by atoms with van der Waals surface area (Å²) in [5.74, 6) is 0. The molecule has 52 valence electrons. The maximum atomic E-state index is 9.22. The molecule has 0 amide bonds. The fourth-order valence-corrected chi connectivity index (χ4v) is 2.79. The van der Waals surface area contributed by atoms with Gasteiger partial charge in [-0.1, -0.05) is 15.9 Å². The molecule has 0 aromatic heterocycles. The van der Waals surface area contributed by atoms with Crippen LogP contribution in [0.5, 0.6) is 0 Å². The first kappa shape index (κ1) is 8.56. The molecule has 0 heterocycles. The molecule has 1 nitrogen and oxygen atoms in total. The van der Waals surface area contributed by atoms with E-state index in [9.17, 15) is 5.73 Å². The van der Waals surface area contributed by atoms with Crippen LogP contribution in [0.4, 0.5) is 5.69 Å². The van der Waals surface area contributed by atoms with Crippen LogP contribution in [0.3, 0.4) is 0 Å². The first-order valence-corrected chi connectivity index (χ1v) is 4.82. The fraction of sp³-hybridized carbons (Fsp3) is 0. The van der Waals surface area contributed by atoms with Crippen LogP contribution in [-0.4, -0.2) is 0 Å². The molecule has 2 radical (unpaired) electrons. The molecule has 0 unspecified atom stereocenters. The Morgan fingerprint density at radius 1 is 1.00 bits per heavy atom. The summed E-state index contributed by atoms with van der Waals surface area (Å²) < 4.78 is 2.27. The van der Waals surface area contributed by atoms with E-state index in [4.69, 9.17) is 0 Å². The number of hydrogen-bond acceptors (Lipinski definition) is 0. The monoisotopic (exact) mass is 325 g/mol. The van der Waals surface area contributed by atoms with Gasteiger partial charge >= 0.3 is 0 Å². The van der Waals surface area contributed by atoms with E-state index in [0.717, 1.165) is 4.47 Å². The molecule has 0 saturated heterocycles. The Bertz CT molecular complexity index is 236. The lowest BCUT2D eigenvalue weighted by molar-refractivity contribution is 1.41. The Morgan fingerprint density at radius 2 is 1.40 bits per heavy atom. The summed E-state index contributed by atoms with van der Waals surface area (Å²) in [7, 11) is 0. The van der Waals surface area contributed by atoms with E-state index in [1.54, 1.807) is 12.1 Å². The van der Waals surface area contributed by atoms with Gasteiger partial charge in [-0.3, -0.25) is 0 Å².